The van der Waals surface area contributed by atoms with Gasteiger partial charge in [-0.25, -0.2) is 4.79 Å². The second-order valence-electron chi connectivity index (χ2n) is 0.505. The van der Waals surface area contributed by atoms with Gasteiger partial charge < -0.3 is 5.11 Å². The van der Waals surface area contributed by atoms with Crippen LogP contribution in [0.4, 0.5) is 0 Å². The smallest absolute Gasteiger partial charge is 0.328 e. The standard InChI is InChI=1S/C3H3O2/c1-2-3(4)5/h1-2H,(H,4,5). The van der Waals surface area contributed by atoms with Crippen molar-refractivity contribution in [2.75, 3.05) is 0 Å². The van der Waals surface area contributed by atoms with Crippen molar-refractivity contribution in [3.05, 3.63) is 12.7 Å². The minimum atomic E-state index is -1.09. The van der Waals surface area contributed by atoms with Gasteiger partial charge in [0.2, 0.25) is 0 Å². The third-order valence-electron chi connectivity index (χ3n) is 0.143. The molecule has 27 valence electrons. The Morgan fingerprint density at radius 1 is 2.00 bits per heavy atom. The molecule has 0 atom stereocenters. The van der Waals surface area contributed by atoms with Crippen molar-refractivity contribution in [2.24, 2.45) is 0 Å². The van der Waals surface area contributed by atoms with E-state index in [0.717, 1.165) is 0 Å². The summed E-state index contributed by atoms with van der Waals surface area (Å²) in [6, 6.07) is 0. The van der Waals surface area contributed by atoms with Crippen LogP contribution < -0.4 is 0 Å². The van der Waals surface area contributed by atoms with Crippen molar-refractivity contribution in [1.29, 1.82) is 0 Å². The Hall–Kier alpha value is -0.790. The molecule has 2 heteroatoms. The van der Waals surface area contributed by atoms with Crippen molar-refractivity contribution in [1.82, 2.24) is 0 Å². The van der Waals surface area contributed by atoms with Gasteiger partial charge in [-0.15, -0.1) is 0 Å². The topological polar surface area (TPSA) is 37.3 Å². The lowest BCUT2D eigenvalue weighted by Crippen LogP contribution is -1.82. The number of hydrogen-bond acceptors (Lipinski definition) is 1. The molecule has 0 aliphatic heterocycles. The first-order valence-corrected chi connectivity index (χ1v) is 1.05. The van der Waals surface area contributed by atoms with E-state index >= 15 is 0 Å². The van der Waals surface area contributed by atoms with E-state index in [1.54, 1.807) is 0 Å². The van der Waals surface area contributed by atoms with Crippen LogP contribution in [0.1, 0.15) is 0 Å². The molecule has 0 aromatic carbocycles. The molecule has 0 unspecified atom stereocenters. The minimum absolute atomic E-state index is 0.583. The van der Waals surface area contributed by atoms with E-state index in [2.05, 4.69) is 6.58 Å². The van der Waals surface area contributed by atoms with Crippen LogP contribution in [0.25, 0.3) is 0 Å². The number of aliphatic carboxylic acids is 1. The highest BCUT2D eigenvalue weighted by Gasteiger charge is 1.73. The second-order valence-corrected chi connectivity index (χ2v) is 0.505. The van der Waals surface area contributed by atoms with Gasteiger partial charge in [-0.05, 0) is 0 Å². The highest BCUT2D eigenvalue weighted by atomic mass is 16.4. The summed E-state index contributed by atoms with van der Waals surface area (Å²) in [6.07, 6.45) is 0.583. The van der Waals surface area contributed by atoms with Gasteiger partial charge in [-0.2, -0.15) is 0 Å². The summed E-state index contributed by atoms with van der Waals surface area (Å²) in [7, 11) is 0. The van der Waals surface area contributed by atoms with Crippen molar-refractivity contribution >= 4 is 5.97 Å². The third kappa shape index (κ3) is 3.21. The minimum Gasteiger partial charge on any atom is -0.478 e. The SMILES string of the molecule is [CH]=CC(=O)O. The molecule has 0 spiro atoms. The molecule has 0 saturated carbocycles. The normalized spacial score (nSPS) is 6.40. The van der Waals surface area contributed by atoms with E-state index in [1.165, 1.54) is 0 Å². The molecular formula is C3H3O2. The summed E-state index contributed by atoms with van der Waals surface area (Å²) in [6.45, 7) is 4.45. The Morgan fingerprint density at radius 2 is 2.20 bits per heavy atom. The van der Waals surface area contributed by atoms with Crippen LogP contribution in [-0.4, -0.2) is 11.1 Å². The monoisotopic (exact) mass is 71.0 g/mol. The largest absolute Gasteiger partial charge is 0.478 e. The Kier molecular flexibility index (Phi) is 1.28. The maximum Gasteiger partial charge on any atom is 0.328 e. The van der Waals surface area contributed by atoms with Crippen LogP contribution in [0.3, 0.4) is 0 Å². The van der Waals surface area contributed by atoms with Gasteiger partial charge in [0, 0.05) is 6.08 Å². The molecule has 0 amide bonds. The molecule has 2 nitrogen and oxygen atoms in total. The van der Waals surface area contributed by atoms with Crippen molar-refractivity contribution in [3.8, 4) is 0 Å². The van der Waals surface area contributed by atoms with Crippen molar-refractivity contribution in [2.45, 2.75) is 0 Å². The lowest BCUT2D eigenvalue weighted by Gasteiger charge is -1.64. The summed E-state index contributed by atoms with van der Waals surface area (Å²) in [4.78, 5) is 9.19. The fourth-order valence-electron chi connectivity index (χ4n) is 0. The quantitative estimate of drug-likeness (QED) is 0.444. The fraction of sp³-hybridized carbons (Fsp3) is 0. The number of carboxylic acids is 1. The van der Waals surface area contributed by atoms with Crippen molar-refractivity contribution < 1.29 is 9.90 Å². The zero-order valence-corrected chi connectivity index (χ0v) is 2.51. The molecule has 1 radical (unpaired) electrons. The first-order valence-electron chi connectivity index (χ1n) is 1.05. The van der Waals surface area contributed by atoms with Gasteiger partial charge in [0.25, 0.3) is 0 Å². The summed E-state index contributed by atoms with van der Waals surface area (Å²) in [5.41, 5.74) is 0. The number of carbonyl (C=O) groups is 1. The van der Waals surface area contributed by atoms with Crippen LogP contribution >= 0.6 is 0 Å². The number of rotatable bonds is 1. The molecule has 0 bridgehead atoms. The average molecular weight is 71.1 g/mol. The molecule has 0 aromatic heterocycles. The zero-order valence-electron chi connectivity index (χ0n) is 2.51. The zero-order chi connectivity index (χ0) is 4.28. The molecule has 0 heterocycles. The van der Waals surface area contributed by atoms with Crippen LogP contribution in [0, 0.1) is 6.58 Å². The average Bonchev–Trinajstić information content (AvgIpc) is 1.38. The lowest BCUT2D eigenvalue weighted by atomic mass is 10.7. The Morgan fingerprint density at radius 3 is 2.20 bits per heavy atom. The third-order valence-corrected chi connectivity index (χ3v) is 0.143. The Labute approximate surface area is 29.7 Å². The lowest BCUT2D eigenvalue weighted by molar-refractivity contribution is -0.131. The molecule has 0 fully saturated rings. The van der Waals surface area contributed by atoms with E-state index < -0.39 is 5.97 Å². The van der Waals surface area contributed by atoms with E-state index in [9.17, 15) is 4.79 Å². The van der Waals surface area contributed by atoms with E-state index in [0.29, 0.717) is 6.08 Å². The molecule has 1 N–H and O–H groups in total. The van der Waals surface area contributed by atoms with Gasteiger partial charge in [0.1, 0.15) is 0 Å². The highest BCUT2D eigenvalue weighted by molar-refractivity contribution is 5.78. The first-order chi connectivity index (χ1) is 2.27. The highest BCUT2D eigenvalue weighted by Crippen LogP contribution is 1.54. The molecule has 5 heavy (non-hydrogen) atoms. The van der Waals surface area contributed by atoms with Crippen LogP contribution in [-0.2, 0) is 4.79 Å². The predicted octanol–water partition coefficient (Wildman–Crippen LogP) is 0.0602. The van der Waals surface area contributed by atoms with Crippen LogP contribution in [0.2, 0.25) is 0 Å². The molecule has 0 aromatic rings. The molecule has 0 saturated heterocycles. The molecule has 0 aliphatic carbocycles. The van der Waals surface area contributed by atoms with Crippen molar-refractivity contribution in [3.63, 3.8) is 0 Å². The van der Waals surface area contributed by atoms with E-state index in [-0.39, 0.29) is 0 Å². The summed E-state index contributed by atoms with van der Waals surface area (Å²) in [5, 5.41) is 7.54. The summed E-state index contributed by atoms with van der Waals surface area (Å²) in [5.74, 6) is -1.09. The summed E-state index contributed by atoms with van der Waals surface area (Å²) >= 11 is 0. The van der Waals surface area contributed by atoms with Gasteiger partial charge >= 0.3 is 5.97 Å². The Balaban J connectivity index is 3.20. The predicted molar refractivity (Wildman–Crippen MR) is 16.5 cm³/mol. The van der Waals surface area contributed by atoms with Gasteiger partial charge in [-0.3, -0.25) is 0 Å². The van der Waals surface area contributed by atoms with Gasteiger partial charge in [0.05, 0.1) is 0 Å². The molecule has 0 rings (SSSR count). The van der Waals surface area contributed by atoms with Gasteiger partial charge in [-0.1, -0.05) is 6.58 Å². The maximum absolute atomic E-state index is 9.19. The Bertz CT molecular complexity index is 55.9. The first kappa shape index (κ1) is 4.21. The summed E-state index contributed by atoms with van der Waals surface area (Å²) < 4.78 is 0. The van der Waals surface area contributed by atoms with E-state index in [4.69, 9.17) is 5.11 Å². The van der Waals surface area contributed by atoms with Gasteiger partial charge in [0.15, 0.2) is 0 Å². The fourth-order valence-corrected chi connectivity index (χ4v) is 0. The molecular weight excluding hydrogens is 68.0 g/mol. The number of carboxylic acid groups (broad SMARTS) is 1. The second kappa shape index (κ2) is 1.52. The van der Waals surface area contributed by atoms with Crippen LogP contribution in [0.5, 0.6) is 0 Å². The van der Waals surface area contributed by atoms with E-state index in [1.807, 2.05) is 0 Å². The molecule has 0 aliphatic rings. The maximum atomic E-state index is 9.19. The number of hydrogen-bond donors (Lipinski definition) is 1. The van der Waals surface area contributed by atoms with Crippen LogP contribution in [0.15, 0.2) is 6.08 Å².